The first-order valence-electron chi connectivity index (χ1n) is 9.35. The van der Waals surface area contributed by atoms with Crippen molar-refractivity contribution >= 4 is 35.4 Å². The molecule has 1 aromatic carbocycles. The molecule has 0 aromatic heterocycles. The smallest absolute Gasteiger partial charge is 0.397 e. The first-order valence-corrected chi connectivity index (χ1v) is 9.35. The van der Waals surface area contributed by atoms with Gasteiger partial charge < -0.3 is 9.47 Å². The lowest BCUT2D eigenvalue weighted by Crippen LogP contribution is -2.61. The van der Waals surface area contributed by atoms with Crippen molar-refractivity contribution in [2.75, 3.05) is 45.3 Å². The predicted molar refractivity (Wildman–Crippen MR) is 103 cm³/mol. The van der Waals surface area contributed by atoms with Crippen LogP contribution in [0.2, 0.25) is 0 Å². The third kappa shape index (κ3) is 3.10. The number of rotatable bonds is 5. The van der Waals surface area contributed by atoms with E-state index in [2.05, 4.69) is 4.99 Å². The molecule has 1 aromatic rings. The number of ether oxygens (including phenoxy) is 2. The highest BCUT2D eigenvalue weighted by Crippen LogP contribution is 2.27. The molecule has 1 saturated heterocycles. The molecule has 0 N–H and O–H groups in total. The van der Waals surface area contributed by atoms with Crippen molar-refractivity contribution < 1.29 is 28.4 Å². The van der Waals surface area contributed by atoms with Gasteiger partial charge in [-0.05, 0) is 31.2 Å². The number of aliphatic imine (C=N–C) groups is 1. The van der Waals surface area contributed by atoms with Gasteiger partial charge in [0.2, 0.25) is 11.9 Å². The fourth-order valence-electron chi connectivity index (χ4n) is 3.65. The average Bonchev–Trinajstić information content (AvgIpc) is 3.29. The van der Waals surface area contributed by atoms with E-state index in [1.807, 2.05) is 21.6 Å². The molecule has 3 amide bonds. The van der Waals surface area contributed by atoms with Crippen LogP contribution < -0.4 is 9.64 Å². The summed E-state index contributed by atoms with van der Waals surface area (Å²) in [6.07, 6.45) is 0. The highest BCUT2D eigenvalue weighted by molar-refractivity contribution is 6.24. The fraction of sp³-hybridized carbons (Fsp3) is 0.421. The van der Waals surface area contributed by atoms with E-state index in [1.165, 1.54) is 11.9 Å². The molecule has 3 aliphatic heterocycles. The highest BCUT2D eigenvalue weighted by atomic mass is 16.6. The zero-order chi connectivity index (χ0) is 20.7. The van der Waals surface area contributed by atoms with Crippen LogP contribution >= 0.6 is 0 Å². The number of hydrogen-bond acceptors (Lipinski definition) is 7. The van der Waals surface area contributed by atoms with Crippen LogP contribution in [0.3, 0.4) is 0 Å². The maximum Gasteiger partial charge on any atom is 0.397 e. The zero-order valence-electron chi connectivity index (χ0n) is 16.5. The number of carbonyl (C=O) groups excluding carboxylic acids is 3. The second kappa shape index (κ2) is 7.19. The van der Waals surface area contributed by atoms with Crippen LogP contribution in [0.1, 0.15) is 6.92 Å². The van der Waals surface area contributed by atoms with Crippen molar-refractivity contribution in [1.29, 1.82) is 0 Å². The first-order chi connectivity index (χ1) is 13.9. The number of benzene rings is 1. The van der Waals surface area contributed by atoms with Crippen molar-refractivity contribution in [3.05, 3.63) is 24.3 Å². The van der Waals surface area contributed by atoms with Crippen molar-refractivity contribution in [1.82, 2.24) is 9.80 Å². The van der Waals surface area contributed by atoms with Crippen LogP contribution in [0.5, 0.6) is 5.75 Å². The van der Waals surface area contributed by atoms with Gasteiger partial charge in [-0.15, -0.1) is 0 Å². The number of fused-ring (bicyclic) bond motifs is 2. The minimum absolute atomic E-state index is 0.145. The molecule has 29 heavy (non-hydrogen) atoms. The SMILES string of the molecule is CCOC(=O)COc1ccc(N2CC[N+]3=C2N=C2C3C(=O)N(C)C(=O)N2C)cc1. The molecule has 0 bridgehead atoms. The van der Waals surface area contributed by atoms with Crippen LogP contribution in [0.15, 0.2) is 29.3 Å². The number of hydrogen-bond donors (Lipinski definition) is 0. The van der Waals surface area contributed by atoms with E-state index in [1.54, 1.807) is 26.1 Å². The molecule has 1 fully saturated rings. The zero-order valence-corrected chi connectivity index (χ0v) is 16.5. The standard InChI is InChI=1S/C19H22N5O5/c1-4-28-14(25)11-29-13-7-5-12(6-8-13)23-9-10-24-15-16(20-18(23)24)21(2)19(27)22(3)17(15)26/h5-8,15H,4,9-11H2,1-3H3/q+1. The number of anilines is 1. The Bertz CT molecular complexity index is 939. The van der Waals surface area contributed by atoms with Crippen LogP contribution in [0.25, 0.3) is 0 Å². The number of guanidine groups is 1. The summed E-state index contributed by atoms with van der Waals surface area (Å²) in [5, 5.41) is 0. The average molecular weight is 400 g/mol. The molecule has 1 unspecified atom stereocenters. The number of amides is 3. The van der Waals surface area contributed by atoms with Crippen molar-refractivity contribution in [3.63, 3.8) is 0 Å². The molecule has 4 rings (SSSR count). The van der Waals surface area contributed by atoms with E-state index >= 15 is 0 Å². The number of esters is 1. The van der Waals surface area contributed by atoms with E-state index in [0.717, 1.165) is 10.6 Å². The van der Waals surface area contributed by atoms with E-state index in [-0.39, 0.29) is 18.5 Å². The summed E-state index contributed by atoms with van der Waals surface area (Å²) in [7, 11) is 3.11. The van der Waals surface area contributed by atoms with E-state index in [0.29, 0.717) is 37.2 Å². The molecular weight excluding hydrogens is 378 g/mol. The second-order valence-electron chi connectivity index (χ2n) is 6.84. The maximum atomic E-state index is 12.6. The summed E-state index contributed by atoms with van der Waals surface area (Å²) in [5.41, 5.74) is 0.878. The molecule has 0 aliphatic carbocycles. The minimum Gasteiger partial charge on any atom is -0.482 e. The molecule has 3 heterocycles. The quantitative estimate of drug-likeness (QED) is 0.515. The van der Waals surface area contributed by atoms with Crippen LogP contribution in [0.4, 0.5) is 10.5 Å². The van der Waals surface area contributed by atoms with Crippen molar-refractivity contribution in [2.45, 2.75) is 13.0 Å². The molecule has 10 heteroatoms. The molecular formula is C19H22N5O5+. The Morgan fingerprint density at radius 3 is 2.62 bits per heavy atom. The van der Waals surface area contributed by atoms with E-state index in [4.69, 9.17) is 9.47 Å². The van der Waals surface area contributed by atoms with Gasteiger partial charge in [0.1, 0.15) is 18.0 Å². The van der Waals surface area contributed by atoms with Gasteiger partial charge in [0.05, 0.1) is 13.2 Å². The number of likely N-dealkylation sites (N-methyl/N-ethyl adjacent to an activating group) is 2. The molecule has 3 aliphatic rings. The summed E-state index contributed by atoms with van der Waals surface area (Å²) in [6, 6.07) is 6.30. The van der Waals surface area contributed by atoms with Gasteiger partial charge in [-0.1, -0.05) is 4.99 Å². The Kier molecular flexibility index (Phi) is 4.69. The first kappa shape index (κ1) is 18.9. The summed E-state index contributed by atoms with van der Waals surface area (Å²) < 4.78 is 12.2. The third-order valence-electron chi connectivity index (χ3n) is 5.13. The van der Waals surface area contributed by atoms with Gasteiger partial charge in [-0.2, -0.15) is 0 Å². The highest BCUT2D eigenvalue weighted by Gasteiger charge is 2.54. The van der Waals surface area contributed by atoms with Crippen LogP contribution in [-0.2, 0) is 14.3 Å². The topological polar surface area (TPSA) is 94.8 Å². The normalized spacial score (nSPS) is 20.7. The lowest BCUT2D eigenvalue weighted by atomic mass is 10.1. The largest absolute Gasteiger partial charge is 0.482 e. The lowest BCUT2D eigenvalue weighted by molar-refractivity contribution is -0.525. The summed E-state index contributed by atoms with van der Waals surface area (Å²) in [6.45, 7) is 3.20. The molecule has 1 atom stereocenters. The van der Waals surface area contributed by atoms with Crippen molar-refractivity contribution in [2.24, 2.45) is 4.99 Å². The summed E-state index contributed by atoms with van der Waals surface area (Å²) in [5.74, 6) is 0.962. The van der Waals surface area contributed by atoms with Gasteiger partial charge in [-0.3, -0.25) is 14.6 Å². The fourth-order valence-corrected chi connectivity index (χ4v) is 3.65. The van der Waals surface area contributed by atoms with Gasteiger partial charge in [0, 0.05) is 14.1 Å². The van der Waals surface area contributed by atoms with Crippen molar-refractivity contribution in [3.8, 4) is 5.75 Å². The Hall–Kier alpha value is -3.43. The van der Waals surface area contributed by atoms with Gasteiger partial charge in [0.15, 0.2) is 6.61 Å². The number of amidine groups is 1. The number of imide groups is 1. The number of carbonyl (C=O) groups is 3. The van der Waals surface area contributed by atoms with E-state index < -0.39 is 12.0 Å². The molecule has 152 valence electrons. The van der Waals surface area contributed by atoms with Crippen LogP contribution in [0, 0.1) is 0 Å². The maximum absolute atomic E-state index is 12.6. The monoisotopic (exact) mass is 400 g/mol. The molecule has 10 nitrogen and oxygen atoms in total. The van der Waals surface area contributed by atoms with Gasteiger partial charge in [-0.25, -0.2) is 19.1 Å². The number of nitrogens with zero attached hydrogens (tertiary/aromatic N) is 5. The Labute approximate surface area is 167 Å². The Balaban J connectivity index is 1.53. The van der Waals surface area contributed by atoms with Gasteiger partial charge >= 0.3 is 18.0 Å². The predicted octanol–water partition coefficient (Wildman–Crippen LogP) is 0.122. The van der Waals surface area contributed by atoms with Crippen LogP contribution in [-0.4, -0.2) is 90.5 Å². The Morgan fingerprint density at radius 1 is 1.21 bits per heavy atom. The molecule has 0 spiro atoms. The molecule has 0 saturated carbocycles. The lowest BCUT2D eigenvalue weighted by Gasteiger charge is -2.31. The number of urea groups is 1. The summed E-state index contributed by atoms with van der Waals surface area (Å²) in [4.78, 5) is 45.4. The Morgan fingerprint density at radius 2 is 1.93 bits per heavy atom. The molecule has 0 radical (unpaired) electrons. The summed E-state index contributed by atoms with van der Waals surface area (Å²) >= 11 is 0. The van der Waals surface area contributed by atoms with E-state index in [9.17, 15) is 14.4 Å². The second-order valence-corrected chi connectivity index (χ2v) is 6.84. The minimum atomic E-state index is -0.574. The third-order valence-corrected chi connectivity index (χ3v) is 5.13. The van der Waals surface area contributed by atoms with Gasteiger partial charge in [0.25, 0.3) is 5.91 Å².